The predicted molar refractivity (Wildman–Crippen MR) is 115 cm³/mol. The van der Waals surface area contributed by atoms with Gasteiger partial charge < -0.3 is 14.8 Å². The number of hydrogen-bond acceptors (Lipinski definition) is 6. The van der Waals surface area contributed by atoms with Crippen LogP contribution < -0.4 is 10.1 Å². The van der Waals surface area contributed by atoms with Gasteiger partial charge in [0.25, 0.3) is 0 Å². The highest BCUT2D eigenvalue weighted by molar-refractivity contribution is 6.00. The molecule has 164 valence electrons. The number of nitrogens with one attached hydrogen (secondary N) is 1. The van der Waals surface area contributed by atoms with Crippen LogP contribution in [0.15, 0.2) is 47.8 Å². The first kappa shape index (κ1) is 21.3. The lowest BCUT2D eigenvalue weighted by Gasteiger charge is -2.39. The van der Waals surface area contributed by atoms with Gasteiger partial charge in [-0.25, -0.2) is 0 Å². The number of benzene rings is 1. The Morgan fingerprint density at radius 2 is 1.74 bits per heavy atom. The summed E-state index contributed by atoms with van der Waals surface area (Å²) in [7, 11) is 0. The minimum absolute atomic E-state index is 0.0609. The molecule has 1 N–H and O–H groups in total. The van der Waals surface area contributed by atoms with Crippen molar-refractivity contribution in [2.45, 2.75) is 70.3 Å². The molecule has 1 aliphatic heterocycles. The van der Waals surface area contributed by atoms with E-state index < -0.39 is 17.8 Å². The van der Waals surface area contributed by atoms with E-state index in [2.05, 4.69) is 11.9 Å². The van der Waals surface area contributed by atoms with Crippen molar-refractivity contribution in [1.82, 2.24) is 5.32 Å². The lowest BCUT2D eigenvalue weighted by molar-refractivity contribution is -0.155. The summed E-state index contributed by atoms with van der Waals surface area (Å²) in [5, 5.41) is 3.25. The largest absolute Gasteiger partial charge is 0.462 e. The summed E-state index contributed by atoms with van der Waals surface area (Å²) >= 11 is 0. The van der Waals surface area contributed by atoms with E-state index in [1.54, 1.807) is 12.1 Å². The molecule has 0 amide bonds. The Morgan fingerprint density at radius 1 is 1.03 bits per heavy atom. The van der Waals surface area contributed by atoms with E-state index in [4.69, 9.17) is 9.47 Å². The molecule has 0 spiro atoms. The van der Waals surface area contributed by atoms with E-state index in [-0.39, 0.29) is 17.9 Å². The Bertz CT molecular complexity index is 924. The number of rotatable bonds is 4. The first-order chi connectivity index (χ1) is 14.9. The molecule has 31 heavy (non-hydrogen) atoms. The van der Waals surface area contributed by atoms with Crippen molar-refractivity contribution in [2.75, 3.05) is 0 Å². The van der Waals surface area contributed by atoms with E-state index in [0.717, 1.165) is 49.8 Å². The van der Waals surface area contributed by atoms with Crippen LogP contribution in [0.4, 0.5) is 0 Å². The molecule has 6 nitrogen and oxygen atoms in total. The highest BCUT2D eigenvalue weighted by Gasteiger charge is 2.44. The van der Waals surface area contributed by atoms with Crippen molar-refractivity contribution >= 4 is 17.7 Å². The van der Waals surface area contributed by atoms with E-state index >= 15 is 0 Å². The highest BCUT2D eigenvalue weighted by atomic mass is 16.5. The summed E-state index contributed by atoms with van der Waals surface area (Å²) in [5.41, 5.74) is 2.90. The number of Topliss-reactive ketones (excluding diaryl/α,β-unsaturated/α-hetero) is 1. The molecule has 2 unspecified atom stereocenters. The van der Waals surface area contributed by atoms with E-state index in [9.17, 15) is 14.4 Å². The summed E-state index contributed by atoms with van der Waals surface area (Å²) < 4.78 is 11.0. The van der Waals surface area contributed by atoms with Crippen LogP contribution in [0.3, 0.4) is 0 Å². The monoisotopic (exact) mass is 423 g/mol. The molecule has 0 aromatic heterocycles. The van der Waals surface area contributed by atoms with Gasteiger partial charge in [0, 0.05) is 36.2 Å². The van der Waals surface area contributed by atoms with Gasteiger partial charge in [-0.3, -0.25) is 14.4 Å². The zero-order valence-electron chi connectivity index (χ0n) is 17.9. The lowest BCUT2D eigenvalue weighted by atomic mass is 9.71. The quantitative estimate of drug-likeness (QED) is 0.574. The number of esters is 2. The molecule has 1 saturated carbocycles. The standard InChI is InChI=1S/C25H29NO5/c1-15-22(25(29)31-18-7-4-3-5-8-18)23(24-20(26-15)9-6-10-21(24)28)17-11-13-19(14-12-17)30-16(2)27/h11-14,18,22-23,26H,1,3-10H2,2H3. The van der Waals surface area contributed by atoms with Crippen LogP contribution in [0, 0.1) is 5.92 Å². The Labute approximate surface area is 182 Å². The van der Waals surface area contributed by atoms with Crippen LogP contribution in [0.1, 0.15) is 69.8 Å². The summed E-state index contributed by atoms with van der Waals surface area (Å²) in [5.74, 6) is -1.38. The van der Waals surface area contributed by atoms with Gasteiger partial charge in [0.2, 0.25) is 0 Å². The third-order valence-electron chi connectivity index (χ3n) is 6.38. The van der Waals surface area contributed by atoms with Crippen molar-refractivity contribution in [3.63, 3.8) is 0 Å². The molecular weight excluding hydrogens is 394 g/mol. The SMILES string of the molecule is C=C1NC2=C(C(=O)CCC2)C(c2ccc(OC(C)=O)cc2)C1C(=O)OC1CCCCC1. The first-order valence-corrected chi connectivity index (χ1v) is 11.1. The zero-order valence-corrected chi connectivity index (χ0v) is 17.9. The molecule has 1 heterocycles. The fourth-order valence-corrected chi connectivity index (χ4v) is 4.96. The minimum Gasteiger partial charge on any atom is -0.462 e. The Morgan fingerprint density at radius 3 is 2.42 bits per heavy atom. The van der Waals surface area contributed by atoms with Gasteiger partial charge >= 0.3 is 11.9 Å². The van der Waals surface area contributed by atoms with E-state index in [1.165, 1.54) is 13.3 Å². The molecular formula is C25H29NO5. The predicted octanol–water partition coefficient (Wildman–Crippen LogP) is 4.31. The topological polar surface area (TPSA) is 81.7 Å². The number of hydrogen-bond donors (Lipinski definition) is 1. The number of ether oxygens (including phenoxy) is 2. The van der Waals surface area contributed by atoms with Crippen molar-refractivity contribution in [1.29, 1.82) is 0 Å². The second kappa shape index (κ2) is 9.08. The van der Waals surface area contributed by atoms with Gasteiger partial charge in [0.1, 0.15) is 17.8 Å². The second-order valence-corrected chi connectivity index (χ2v) is 8.63. The van der Waals surface area contributed by atoms with E-state index in [1.807, 2.05) is 12.1 Å². The maximum absolute atomic E-state index is 13.3. The molecule has 2 atom stereocenters. The average Bonchev–Trinajstić information content (AvgIpc) is 2.74. The lowest BCUT2D eigenvalue weighted by Crippen LogP contribution is -2.42. The molecule has 6 heteroatoms. The van der Waals surface area contributed by atoms with E-state index in [0.29, 0.717) is 23.4 Å². The van der Waals surface area contributed by atoms with Gasteiger partial charge in [0.05, 0.1) is 0 Å². The third-order valence-corrected chi connectivity index (χ3v) is 6.38. The van der Waals surface area contributed by atoms with Crippen LogP contribution >= 0.6 is 0 Å². The van der Waals surface area contributed by atoms with Gasteiger partial charge in [0.15, 0.2) is 5.78 Å². The van der Waals surface area contributed by atoms with Crippen LogP contribution in [0.5, 0.6) is 5.75 Å². The Kier molecular flexibility index (Phi) is 6.25. The zero-order chi connectivity index (χ0) is 22.0. The first-order valence-electron chi connectivity index (χ1n) is 11.1. The number of carbonyl (C=O) groups excluding carboxylic acids is 3. The Hall–Kier alpha value is -2.89. The van der Waals surface area contributed by atoms with Gasteiger partial charge in [-0.15, -0.1) is 0 Å². The fourth-order valence-electron chi connectivity index (χ4n) is 4.96. The van der Waals surface area contributed by atoms with Crippen molar-refractivity contribution in [3.05, 3.63) is 53.4 Å². The van der Waals surface area contributed by atoms with Gasteiger partial charge in [-0.2, -0.15) is 0 Å². The van der Waals surface area contributed by atoms with Gasteiger partial charge in [-0.05, 0) is 56.2 Å². The van der Waals surface area contributed by atoms with Crippen LogP contribution in [-0.4, -0.2) is 23.8 Å². The van der Waals surface area contributed by atoms with Crippen LogP contribution in [0.25, 0.3) is 0 Å². The van der Waals surface area contributed by atoms with Crippen molar-refractivity contribution in [2.24, 2.45) is 5.92 Å². The molecule has 3 aliphatic rings. The molecule has 0 radical (unpaired) electrons. The fraction of sp³-hybridized carbons (Fsp3) is 0.480. The van der Waals surface area contributed by atoms with Gasteiger partial charge in [-0.1, -0.05) is 25.1 Å². The molecule has 1 fully saturated rings. The molecule has 1 aromatic carbocycles. The molecule has 0 saturated heterocycles. The normalized spacial score (nSPS) is 24.3. The summed E-state index contributed by atoms with van der Waals surface area (Å²) in [6.45, 7) is 5.48. The maximum Gasteiger partial charge on any atom is 0.316 e. The molecule has 2 aliphatic carbocycles. The smallest absolute Gasteiger partial charge is 0.316 e. The number of carbonyl (C=O) groups is 3. The molecule has 4 rings (SSSR count). The average molecular weight is 424 g/mol. The molecule has 1 aromatic rings. The van der Waals surface area contributed by atoms with Crippen molar-refractivity contribution < 1.29 is 23.9 Å². The summed E-state index contributed by atoms with van der Waals surface area (Å²) in [4.78, 5) is 37.5. The maximum atomic E-state index is 13.3. The number of allylic oxidation sites excluding steroid dienone is 2. The number of ketones is 1. The summed E-state index contributed by atoms with van der Waals surface area (Å²) in [6.07, 6.45) is 7.01. The van der Waals surface area contributed by atoms with Crippen LogP contribution in [0.2, 0.25) is 0 Å². The summed E-state index contributed by atoms with van der Waals surface area (Å²) in [6, 6.07) is 7.01. The van der Waals surface area contributed by atoms with Crippen LogP contribution in [-0.2, 0) is 19.1 Å². The Balaban J connectivity index is 1.69. The third kappa shape index (κ3) is 4.58. The second-order valence-electron chi connectivity index (χ2n) is 8.63. The van der Waals surface area contributed by atoms with Crippen molar-refractivity contribution in [3.8, 4) is 5.75 Å². The molecule has 0 bridgehead atoms. The minimum atomic E-state index is -0.678. The highest BCUT2D eigenvalue weighted by Crippen LogP contribution is 2.45.